The maximum absolute atomic E-state index is 11.3. The topological polar surface area (TPSA) is 67.8 Å². The molecule has 0 heterocycles. The van der Waals surface area contributed by atoms with Crippen molar-refractivity contribution in [1.29, 1.82) is 0 Å². The molecule has 0 aromatic rings. The normalized spacial score (nSPS) is 16.2. The van der Waals surface area contributed by atoms with Crippen LogP contribution in [0.15, 0.2) is 11.6 Å². The number of carboxylic acid groups (broad SMARTS) is 1. The van der Waals surface area contributed by atoms with Crippen molar-refractivity contribution < 1.29 is 23.2 Å². The number of aliphatic carboxylic acids is 1. The molecule has 0 saturated carbocycles. The fourth-order valence-corrected chi connectivity index (χ4v) is 6.05. The molecule has 0 saturated heterocycles. The van der Waals surface area contributed by atoms with E-state index < -0.39 is 42.8 Å². The second-order valence-corrected chi connectivity index (χ2v) is 22.5. The third-order valence-corrected chi connectivity index (χ3v) is 5.69. The first-order valence-corrected chi connectivity index (χ1v) is 18.6. The van der Waals surface area contributed by atoms with Crippen LogP contribution in [0.2, 0.25) is 58.9 Å². The monoisotopic (exact) mass is 391 g/mol. The van der Waals surface area contributed by atoms with Gasteiger partial charge in [0.2, 0.25) is 0 Å². The Morgan fingerprint density at radius 3 is 1.54 bits per heavy atom. The molecule has 24 heavy (non-hydrogen) atoms. The summed E-state index contributed by atoms with van der Waals surface area (Å²) in [6.07, 6.45) is 1.13. The van der Waals surface area contributed by atoms with E-state index in [0.29, 0.717) is 0 Å². The van der Waals surface area contributed by atoms with E-state index in [1.165, 1.54) is 6.92 Å². The van der Waals surface area contributed by atoms with Gasteiger partial charge in [0.1, 0.15) is 0 Å². The van der Waals surface area contributed by atoms with E-state index in [9.17, 15) is 9.90 Å². The summed E-state index contributed by atoms with van der Waals surface area (Å²) < 4.78 is 19.1. The lowest BCUT2D eigenvalue weighted by atomic mass is 10.1. The van der Waals surface area contributed by atoms with Crippen LogP contribution < -0.4 is 5.11 Å². The van der Waals surface area contributed by atoms with E-state index in [2.05, 4.69) is 58.9 Å². The number of rotatable bonds is 9. The molecule has 0 amide bonds. The van der Waals surface area contributed by atoms with Crippen molar-refractivity contribution in [3.05, 3.63) is 11.6 Å². The lowest BCUT2D eigenvalue weighted by molar-refractivity contribution is -0.299. The highest BCUT2D eigenvalue weighted by Gasteiger charge is 2.45. The van der Waals surface area contributed by atoms with Gasteiger partial charge in [-0.2, -0.15) is 0 Å². The summed E-state index contributed by atoms with van der Waals surface area (Å²) in [6, 6.07) is 0. The van der Waals surface area contributed by atoms with Gasteiger partial charge >= 0.3 is 0 Å². The molecule has 8 heteroatoms. The van der Waals surface area contributed by atoms with Crippen LogP contribution in [0.5, 0.6) is 0 Å². The minimum absolute atomic E-state index is 0.0949. The number of carbonyl (C=O) groups is 1. The average Bonchev–Trinajstić information content (AvgIpc) is 2.20. The summed E-state index contributed by atoms with van der Waals surface area (Å²) in [4.78, 5) is 11.3. The van der Waals surface area contributed by atoms with E-state index in [1.54, 1.807) is 6.08 Å². The van der Waals surface area contributed by atoms with Crippen molar-refractivity contribution in [3.63, 3.8) is 0 Å². The van der Waals surface area contributed by atoms with Crippen molar-refractivity contribution >= 4 is 30.9 Å². The van der Waals surface area contributed by atoms with E-state index in [1.807, 2.05) is 6.92 Å². The van der Waals surface area contributed by atoms with Gasteiger partial charge in [-0.05, 0) is 84.4 Å². The maximum atomic E-state index is 11.3. The highest BCUT2D eigenvalue weighted by atomic mass is 28.4. The van der Waals surface area contributed by atoms with Crippen molar-refractivity contribution in [1.82, 2.24) is 0 Å². The molecule has 0 bridgehead atoms. The Kier molecular flexibility index (Phi) is 7.88. The number of carboxylic acids is 1. The molecule has 0 aliphatic rings. The van der Waals surface area contributed by atoms with Crippen molar-refractivity contribution in [2.45, 2.75) is 84.7 Å². The largest absolute Gasteiger partial charge is 0.545 e. The van der Waals surface area contributed by atoms with Crippen LogP contribution in [0.3, 0.4) is 0 Å². The van der Waals surface area contributed by atoms with Crippen molar-refractivity contribution in [3.8, 4) is 0 Å². The first-order valence-electron chi connectivity index (χ1n) is 8.36. The van der Waals surface area contributed by atoms with Gasteiger partial charge in [-0.25, -0.2) is 0 Å². The Bertz CT molecular complexity index is 454. The smallest absolute Gasteiger partial charge is 0.195 e. The van der Waals surface area contributed by atoms with Gasteiger partial charge < -0.3 is 23.2 Å². The summed E-state index contributed by atoms with van der Waals surface area (Å²) >= 11 is 0. The molecule has 1 atom stereocenters. The second-order valence-electron chi connectivity index (χ2n) is 9.14. The zero-order chi connectivity index (χ0) is 19.6. The van der Waals surface area contributed by atoms with Gasteiger partial charge in [0.05, 0.1) is 12.1 Å². The zero-order valence-electron chi connectivity index (χ0n) is 17.2. The molecule has 0 spiro atoms. The third kappa shape index (κ3) is 9.28. The average molecular weight is 392 g/mol. The molecule has 0 fully saturated rings. The predicted molar refractivity (Wildman–Crippen MR) is 104 cm³/mol. The van der Waals surface area contributed by atoms with Gasteiger partial charge in [-0.3, -0.25) is 0 Å². The maximum Gasteiger partial charge on any atom is 0.195 e. The Morgan fingerprint density at radius 1 is 0.917 bits per heavy atom. The fourth-order valence-electron chi connectivity index (χ4n) is 2.29. The molecule has 142 valence electrons. The Balaban J connectivity index is 6.21. The van der Waals surface area contributed by atoms with Gasteiger partial charge in [-0.15, -0.1) is 0 Å². The van der Waals surface area contributed by atoms with Gasteiger partial charge in [0, 0.05) is 0 Å². The van der Waals surface area contributed by atoms with Crippen LogP contribution in [-0.2, 0) is 18.1 Å². The molecule has 5 nitrogen and oxygen atoms in total. The molecular weight excluding hydrogens is 356 g/mol. The summed E-state index contributed by atoms with van der Waals surface area (Å²) in [7, 11) is -6.00. The van der Waals surface area contributed by atoms with Crippen LogP contribution >= 0.6 is 0 Å². The standard InChI is InChI=1S/C16H36O5Si3/c1-13(15(17)18)12-16(20-23(6,7)8,21-24(9,10)11)14(2)19-22(3,4)5/h12,14H,1-11H3,(H,17,18)/p-1/b13-12+. The van der Waals surface area contributed by atoms with E-state index in [-0.39, 0.29) is 5.57 Å². The van der Waals surface area contributed by atoms with Crippen LogP contribution in [0.4, 0.5) is 0 Å². The minimum Gasteiger partial charge on any atom is -0.545 e. The Morgan fingerprint density at radius 2 is 1.29 bits per heavy atom. The van der Waals surface area contributed by atoms with Crippen molar-refractivity contribution in [2.24, 2.45) is 0 Å². The Labute approximate surface area is 150 Å². The van der Waals surface area contributed by atoms with Crippen LogP contribution in [-0.4, -0.2) is 42.8 Å². The van der Waals surface area contributed by atoms with Crippen LogP contribution in [0.25, 0.3) is 0 Å². The number of hydrogen-bond acceptors (Lipinski definition) is 5. The van der Waals surface area contributed by atoms with Crippen LogP contribution in [0, 0.1) is 0 Å². The molecule has 1 unspecified atom stereocenters. The third-order valence-electron chi connectivity index (χ3n) is 2.77. The quantitative estimate of drug-likeness (QED) is 0.342. The molecule has 0 aliphatic heterocycles. The molecule has 0 N–H and O–H groups in total. The summed E-state index contributed by atoms with van der Waals surface area (Å²) in [6.45, 7) is 22.0. The summed E-state index contributed by atoms with van der Waals surface area (Å²) in [5.74, 6) is -2.43. The first-order chi connectivity index (χ1) is 10.4. The molecule has 0 radical (unpaired) electrons. The highest BCUT2D eigenvalue weighted by molar-refractivity contribution is 6.71. The number of carbonyl (C=O) groups excluding carboxylic acids is 1. The summed E-state index contributed by atoms with van der Waals surface area (Å²) in [5, 5.41) is 11.3. The lowest BCUT2D eigenvalue weighted by Gasteiger charge is -2.46. The molecule has 0 aromatic carbocycles. The second kappa shape index (κ2) is 7.96. The molecular formula is C16H35O5Si3-. The van der Waals surface area contributed by atoms with Gasteiger partial charge in [-0.1, -0.05) is 0 Å². The van der Waals surface area contributed by atoms with E-state index in [0.717, 1.165) is 0 Å². The predicted octanol–water partition coefficient (Wildman–Crippen LogP) is 3.32. The minimum atomic E-state index is -2.06. The highest BCUT2D eigenvalue weighted by Crippen LogP contribution is 2.33. The van der Waals surface area contributed by atoms with Crippen LogP contribution in [0.1, 0.15) is 13.8 Å². The fraction of sp³-hybridized carbons (Fsp3) is 0.812. The van der Waals surface area contributed by atoms with Crippen molar-refractivity contribution in [2.75, 3.05) is 0 Å². The first kappa shape index (κ1) is 23.7. The number of hydrogen-bond donors (Lipinski definition) is 0. The van der Waals surface area contributed by atoms with Gasteiger partial charge in [0.15, 0.2) is 30.7 Å². The zero-order valence-corrected chi connectivity index (χ0v) is 20.2. The summed E-state index contributed by atoms with van der Waals surface area (Å²) in [5.41, 5.74) is 0.0949. The van der Waals surface area contributed by atoms with E-state index >= 15 is 0 Å². The van der Waals surface area contributed by atoms with Gasteiger partial charge in [0.25, 0.3) is 0 Å². The molecule has 0 rings (SSSR count). The van der Waals surface area contributed by atoms with E-state index in [4.69, 9.17) is 13.3 Å². The lowest BCUT2D eigenvalue weighted by Crippen LogP contribution is -2.58. The Hall–Kier alpha value is -0.259. The molecule has 0 aliphatic carbocycles. The SMILES string of the molecule is C/C(=C\C(O[Si](C)(C)C)(O[Si](C)(C)C)C(C)O[Si](C)(C)C)C(=O)[O-]. The molecule has 0 aromatic heterocycles.